The van der Waals surface area contributed by atoms with Gasteiger partial charge in [-0.2, -0.15) is 5.10 Å². The molecule has 84 valence electrons. The standard InChI is InChI=1S/C12H21N3/c1-10(2)14-12-8-9-13-15(12)11-6-4-3-5-7-11/h8-11,14H,3-7H2,1-2H3. The van der Waals surface area contributed by atoms with Gasteiger partial charge in [0.1, 0.15) is 5.82 Å². The highest BCUT2D eigenvalue weighted by atomic mass is 15.3. The largest absolute Gasteiger partial charge is 0.368 e. The lowest BCUT2D eigenvalue weighted by Crippen LogP contribution is -2.19. The Morgan fingerprint density at radius 1 is 1.33 bits per heavy atom. The molecule has 1 aliphatic rings. The second-order valence-corrected chi connectivity index (χ2v) is 4.75. The quantitative estimate of drug-likeness (QED) is 0.824. The molecule has 0 saturated heterocycles. The molecule has 2 rings (SSSR count). The lowest BCUT2D eigenvalue weighted by molar-refractivity contribution is 0.332. The molecular weight excluding hydrogens is 186 g/mol. The monoisotopic (exact) mass is 207 g/mol. The number of hydrogen-bond acceptors (Lipinski definition) is 2. The van der Waals surface area contributed by atoms with Gasteiger partial charge in [-0.15, -0.1) is 0 Å². The summed E-state index contributed by atoms with van der Waals surface area (Å²) in [6.07, 6.45) is 8.57. The van der Waals surface area contributed by atoms with Gasteiger partial charge >= 0.3 is 0 Å². The van der Waals surface area contributed by atoms with Crippen LogP contribution in [0.5, 0.6) is 0 Å². The molecule has 0 unspecified atom stereocenters. The number of rotatable bonds is 3. The van der Waals surface area contributed by atoms with E-state index >= 15 is 0 Å². The molecule has 0 spiro atoms. The first-order chi connectivity index (χ1) is 7.27. The molecule has 1 aliphatic carbocycles. The van der Waals surface area contributed by atoms with Crippen LogP contribution < -0.4 is 5.32 Å². The van der Waals surface area contributed by atoms with Crippen molar-refractivity contribution in [3.8, 4) is 0 Å². The van der Waals surface area contributed by atoms with Crippen molar-refractivity contribution in [2.24, 2.45) is 0 Å². The Balaban J connectivity index is 2.09. The lowest BCUT2D eigenvalue weighted by atomic mass is 9.96. The molecule has 0 amide bonds. The van der Waals surface area contributed by atoms with Crippen molar-refractivity contribution in [3.05, 3.63) is 12.3 Å². The van der Waals surface area contributed by atoms with Crippen molar-refractivity contribution >= 4 is 5.82 Å². The van der Waals surface area contributed by atoms with E-state index in [0.29, 0.717) is 12.1 Å². The number of hydrogen-bond donors (Lipinski definition) is 1. The summed E-state index contributed by atoms with van der Waals surface area (Å²) in [6, 6.07) is 3.17. The molecule has 1 aromatic heterocycles. The predicted molar refractivity (Wildman–Crippen MR) is 63.1 cm³/mol. The number of nitrogens with one attached hydrogen (secondary N) is 1. The van der Waals surface area contributed by atoms with E-state index in [-0.39, 0.29) is 0 Å². The van der Waals surface area contributed by atoms with Crippen molar-refractivity contribution in [2.45, 2.75) is 58.0 Å². The van der Waals surface area contributed by atoms with Crippen molar-refractivity contribution in [2.75, 3.05) is 5.32 Å². The van der Waals surface area contributed by atoms with Crippen molar-refractivity contribution in [3.63, 3.8) is 0 Å². The highest BCUT2D eigenvalue weighted by Gasteiger charge is 2.18. The minimum Gasteiger partial charge on any atom is -0.368 e. The van der Waals surface area contributed by atoms with Crippen molar-refractivity contribution in [1.82, 2.24) is 9.78 Å². The van der Waals surface area contributed by atoms with E-state index in [2.05, 4.69) is 35.0 Å². The van der Waals surface area contributed by atoms with E-state index in [1.54, 1.807) is 0 Å². The molecule has 0 atom stereocenters. The Hall–Kier alpha value is -0.990. The first-order valence-corrected chi connectivity index (χ1v) is 6.07. The molecule has 1 N–H and O–H groups in total. The van der Waals surface area contributed by atoms with Crippen LogP contribution in [0.2, 0.25) is 0 Å². The first kappa shape index (κ1) is 10.5. The lowest BCUT2D eigenvalue weighted by Gasteiger charge is -2.24. The summed E-state index contributed by atoms with van der Waals surface area (Å²) in [4.78, 5) is 0. The molecule has 1 aromatic rings. The summed E-state index contributed by atoms with van der Waals surface area (Å²) in [5, 5.41) is 7.90. The van der Waals surface area contributed by atoms with Gasteiger partial charge in [-0.25, -0.2) is 4.68 Å². The van der Waals surface area contributed by atoms with Crippen LogP contribution in [0.3, 0.4) is 0 Å². The minimum absolute atomic E-state index is 0.476. The second kappa shape index (κ2) is 4.69. The van der Waals surface area contributed by atoms with Crippen molar-refractivity contribution < 1.29 is 0 Å². The summed E-state index contributed by atoms with van der Waals surface area (Å²) in [5.74, 6) is 1.18. The molecule has 1 fully saturated rings. The van der Waals surface area contributed by atoms with Crippen molar-refractivity contribution in [1.29, 1.82) is 0 Å². The van der Waals surface area contributed by atoms with Crippen LogP contribution in [0.25, 0.3) is 0 Å². The highest BCUT2D eigenvalue weighted by molar-refractivity contribution is 5.35. The summed E-state index contributed by atoms with van der Waals surface area (Å²) in [6.45, 7) is 4.33. The normalized spacial score (nSPS) is 18.3. The van der Waals surface area contributed by atoms with Crippen LogP contribution in [-0.4, -0.2) is 15.8 Å². The van der Waals surface area contributed by atoms with Gasteiger partial charge < -0.3 is 5.32 Å². The van der Waals surface area contributed by atoms with E-state index in [1.807, 2.05) is 6.20 Å². The first-order valence-electron chi connectivity index (χ1n) is 6.07. The molecule has 0 bridgehead atoms. The fourth-order valence-corrected chi connectivity index (χ4v) is 2.34. The number of aromatic nitrogens is 2. The molecule has 1 saturated carbocycles. The summed E-state index contributed by atoms with van der Waals surface area (Å²) < 4.78 is 2.18. The summed E-state index contributed by atoms with van der Waals surface area (Å²) in [7, 11) is 0. The van der Waals surface area contributed by atoms with Gasteiger partial charge in [0.25, 0.3) is 0 Å². The van der Waals surface area contributed by atoms with Gasteiger partial charge in [-0.3, -0.25) is 0 Å². The van der Waals surface area contributed by atoms with E-state index in [4.69, 9.17) is 0 Å². The maximum atomic E-state index is 4.45. The summed E-state index contributed by atoms with van der Waals surface area (Å²) >= 11 is 0. The van der Waals surface area contributed by atoms with Gasteiger partial charge in [0, 0.05) is 12.1 Å². The Kier molecular flexibility index (Phi) is 3.29. The zero-order valence-corrected chi connectivity index (χ0v) is 9.74. The second-order valence-electron chi connectivity index (χ2n) is 4.75. The van der Waals surface area contributed by atoms with Gasteiger partial charge in [-0.05, 0) is 26.7 Å². The third-order valence-electron chi connectivity index (χ3n) is 3.03. The molecule has 15 heavy (non-hydrogen) atoms. The Morgan fingerprint density at radius 2 is 2.07 bits per heavy atom. The highest BCUT2D eigenvalue weighted by Crippen LogP contribution is 2.29. The van der Waals surface area contributed by atoms with Gasteiger partial charge in [0.2, 0.25) is 0 Å². The van der Waals surface area contributed by atoms with Gasteiger partial charge in [0.05, 0.1) is 12.2 Å². The third-order valence-corrected chi connectivity index (χ3v) is 3.03. The SMILES string of the molecule is CC(C)Nc1ccnn1C1CCCCC1. The van der Waals surface area contributed by atoms with Gasteiger partial charge in [-0.1, -0.05) is 19.3 Å². The van der Waals surface area contributed by atoms with Crippen LogP contribution in [0, 0.1) is 0 Å². The zero-order valence-electron chi connectivity index (χ0n) is 9.74. The van der Waals surface area contributed by atoms with Crippen LogP contribution >= 0.6 is 0 Å². The molecule has 0 aromatic carbocycles. The third kappa shape index (κ3) is 2.52. The fraction of sp³-hybridized carbons (Fsp3) is 0.750. The topological polar surface area (TPSA) is 29.9 Å². The fourth-order valence-electron chi connectivity index (χ4n) is 2.34. The average molecular weight is 207 g/mol. The van der Waals surface area contributed by atoms with E-state index < -0.39 is 0 Å². The minimum atomic E-state index is 0.476. The van der Waals surface area contributed by atoms with Gasteiger partial charge in [0.15, 0.2) is 0 Å². The summed E-state index contributed by atoms with van der Waals surface area (Å²) in [5.41, 5.74) is 0. The molecule has 0 aliphatic heterocycles. The van der Waals surface area contributed by atoms with E-state index in [1.165, 1.54) is 37.9 Å². The number of nitrogens with zero attached hydrogens (tertiary/aromatic N) is 2. The molecular formula is C12H21N3. The van der Waals surface area contributed by atoms with E-state index in [9.17, 15) is 0 Å². The van der Waals surface area contributed by atoms with Crippen LogP contribution in [0.4, 0.5) is 5.82 Å². The zero-order chi connectivity index (χ0) is 10.7. The molecule has 0 radical (unpaired) electrons. The Bertz CT molecular complexity index is 298. The smallest absolute Gasteiger partial charge is 0.124 e. The maximum Gasteiger partial charge on any atom is 0.124 e. The molecule has 3 heteroatoms. The van der Waals surface area contributed by atoms with Crippen LogP contribution in [-0.2, 0) is 0 Å². The van der Waals surface area contributed by atoms with Crippen LogP contribution in [0.1, 0.15) is 52.0 Å². The number of anilines is 1. The Morgan fingerprint density at radius 3 is 2.73 bits per heavy atom. The predicted octanol–water partition coefficient (Wildman–Crippen LogP) is 3.21. The molecule has 1 heterocycles. The Labute approximate surface area is 91.9 Å². The average Bonchev–Trinajstić information content (AvgIpc) is 2.66. The molecule has 3 nitrogen and oxygen atoms in total. The maximum absolute atomic E-state index is 4.45. The van der Waals surface area contributed by atoms with E-state index in [0.717, 1.165) is 0 Å². The van der Waals surface area contributed by atoms with Crippen LogP contribution in [0.15, 0.2) is 12.3 Å².